The zero-order valence-electron chi connectivity index (χ0n) is 9.75. The number of benzene rings is 1. The lowest BCUT2D eigenvalue weighted by Crippen LogP contribution is -1.95. The number of hydrogen-bond acceptors (Lipinski definition) is 2. The maximum Gasteiger partial charge on any atom is 0.335 e. The molecule has 0 amide bonds. The lowest BCUT2D eigenvalue weighted by Gasteiger charge is -1.98. The van der Waals surface area contributed by atoms with Crippen LogP contribution in [0, 0.1) is 0 Å². The largest absolute Gasteiger partial charge is 0.478 e. The Labute approximate surface area is 117 Å². The third-order valence-corrected chi connectivity index (χ3v) is 3.46. The van der Waals surface area contributed by atoms with Gasteiger partial charge in [0.15, 0.2) is 5.65 Å². The van der Waals surface area contributed by atoms with Crippen molar-refractivity contribution in [3.63, 3.8) is 0 Å². The summed E-state index contributed by atoms with van der Waals surface area (Å²) in [5, 5.41) is 9.01. The number of hydrogen-bond donors (Lipinski definition) is 1. The highest BCUT2D eigenvalue weighted by Gasteiger charge is 2.09. The molecule has 0 radical (unpaired) electrons. The Hall–Kier alpha value is -2.14. The summed E-state index contributed by atoms with van der Waals surface area (Å²) in [5.41, 5.74) is 2.59. The van der Waals surface area contributed by atoms with Gasteiger partial charge in [-0.25, -0.2) is 9.78 Å². The summed E-state index contributed by atoms with van der Waals surface area (Å²) in [6.07, 6.45) is 3.78. The molecule has 1 aromatic carbocycles. The molecule has 0 bridgehead atoms. The zero-order valence-corrected chi connectivity index (χ0v) is 11.3. The number of aromatic nitrogens is 2. The fourth-order valence-corrected chi connectivity index (χ4v) is 2.38. The molecule has 1 N–H and O–H groups in total. The minimum Gasteiger partial charge on any atom is -0.478 e. The van der Waals surface area contributed by atoms with Gasteiger partial charge in [-0.2, -0.15) is 0 Å². The number of pyridine rings is 1. The fraction of sp³-hybridized carbons (Fsp3) is 0. The highest BCUT2D eigenvalue weighted by atomic mass is 79.9. The zero-order chi connectivity index (χ0) is 13.4. The minimum absolute atomic E-state index is 0.258. The molecule has 2 aromatic heterocycles. The maximum atomic E-state index is 11.0. The third kappa shape index (κ3) is 2.13. The number of halogens is 1. The van der Waals surface area contributed by atoms with Crippen molar-refractivity contribution in [2.75, 3.05) is 0 Å². The normalized spacial score (nSPS) is 10.8. The van der Waals surface area contributed by atoms with Crippen molar-refractivity contribution < 1.29 is 9.90 Å². The van der Waals surface area contributed by atoms with Gasteiger partial charge in [-0.15, -0.1) is 0 Å². The molecule has 94 valence electrons. The average Bonchev–Trinajstić information content (AvgIpc) is 2.84. The molecular weight excluding hydrogens is 308 g/mol. The first-order valence-electron chi connectivity index (χ1n) is 5.62. The minimum atomic E-state index is -0.938. The first kappa shape index (κ1) is 11.9. The van der Waals surface area contributed by atoms with Gasteiger partial charge in [-0.1, -0.05) is 12.1 Å². The van der Waals surface area contributed by atoms with Crippen molar-refractivity contribution in [1.82, 2.24) is 9.38 Å². The molecule has 0 saturated carbocycles. The van der Waals surface area contributed by atoms with Gasteiger partial charge in [-0.05, 0) is 40.2 Å². The molecule has 4 nitrogen and oxygen atoms in total. The molecule has 19 heavy (non-hydrogen) atoms. The average molecular weight is 317 g/mol. The third-order valence-electron chi connectivity index (χ3n) is 2.84. The number of fused-ring (bicyclic) bond motifs is 1. The van der Waals surface area contributed by atoms with Gasteiger partial charge >= 0.3 is 5.97 Å². The molecule has 0 aliphatic carbocycles. The van der Waals surface area contributed by atoms with E-state index in [4.69, 9.17) is 5.11 Å². The van der Waals surface area contributed by atoms with Gasteiger partial charge in [0.1, 0.15) is 0 Å². The van der Waals surface area contributed by atoms with Crippen LogP contribution in [0.4, 0.5) is 0 Å². The molecule has 0 saturated heterocycles. The Balaban J connectivity index is 2.16. The smallest absolute Gasteiger partial charge is 0.335 e. The van der Waals surface area contributed by atoms with Crippen LogP contribution in [-0.2, 0) is 0 Å². The van der Waals surface area contributed by atoms with Crippen LogP contribution >= 0.6 is 15.9 Å². The van der Waals surface area contributed by atoms with Crippen molar-refractivity contribution in [2.24, 2.45) is 0 Å². The Morgan fingerprint density at radius 1 is 1.26 bits per heavy atom. The number of rotatable bonds is 2. The van der Waals surface area contributed by atoms with Gasteiger partial charge in [0.05, 0.1) is 15.7 Å². The van der Waals surface area contributed by atoms with Crippen LogP contribution in [0.25, 0.3) is 16.9 Å². The molecular formula is C14H9BrN2O2. The molecule has 0 aliphatic heterocycles. The summed E-state index contributed by atoms with van der Waals surface area (Å²) in [6, 6.07) is 10.6. The number of nitrogens with zero attached hydrogens (tertiary/aromatic N) is 2. The first-order chi connectivity index (χ1) is 9.15. The van der Waals surface area contributed by atoms with Crippen molar-refractivity contribution in [3.05, 3.63) is 58.8 Å². The molecule has 0 fully saturated rings. The number of carbonyl (C=O) groups is 1. The van der Waals surface area contributed by atoms with Gasteiger partial charge in [0.2, 0.25) is 0 Å². The summed E-state index contributed by atoms with van der Waals surface area (Å²) in [5.74, 6) is -0.938. The Bertz CT molecular complexity index is 780. The quantitative estimate of drug-likeness (QED) is 0.787. The lowest BCUT2D eigenvalue weighted by molar-refractivity contribution is 0.0697. The summed E-state index contributed by atoms with van der Waals surface area (Å²) < 4.78 is 2.79. The summed E-state index contributed by atoms with van der Waals surface area (Å²) in [6.45, 7) is 0. The van der Waals surface area contributed by atoms with Crippen LogP contribution in [0.2, 0.25) is 0 Å². The van der Waals surface area contributed by atoms with E-state index in [0.29, 0.717) is 0 Å². The Kier molecular flexibility index (Phi) is 2.83. The van der Waals surface area contributed by atoms with E-state index in [9.17, 15) is 4.79 Å². The van der Waals surface area contributed by atoms with Crippen molar-refractivity contribution in [3.8, 4) is 11.3 Å². The van der Waals surface area contributed by atoms with Crippen LogP contribution in [0.15, 0.2) is 53.3 Å². The Morgan fingerprint density at radius 2 is 2.11 bits per heavy atom. The van der Waals surface area contributed by atoms with E-state index in [1.54, 1.807) is 18.2 Å². The summed E-state index contributed by atoms with van der Waals surface area (Å²) in [4.78, 5) is 15.5. The van der Waals surface area contributed by atoms with Crippen LogP contribution in [-0.4, -0.2) is 20.5 Å². The second-order valence-corrected chi connectivity index (χ2v) is 4.95. The van der Waals surface area contributed by atoms with Crippen molar-refractivity contribution >= 4 is 27.5 Å². The lowest BCUT2D eigenvalue weighted by atomic mass is 10.1. The first-order valence-corrected chi connectivity index (χ1v) is 6.41. The summed E-state index contributed by atoms with van der Waals surface area (Å²) in [7, 11) is 0. The van der Waals surface area contributed by atoms with E-state index >= 15 is 0 Å². The predicted molar refractivity (Wildman–Crippen MR) is 75.3 cm³/mol. The maximum absolute atomic E-state index is 11.0. The van der Waals surface area contributed by atoms with Crippen molar-refractivity contribution in [1.29, 1.82) is 0 Å². The standard InChI is InChI=1S/C14H9BrN2O2/c15-11-5-2-6-17-8-12(16-13(11)17)9-3-1-4-10(7-9)14(18)19/h1-8H,(H,18,19). The molecule has 0 atom stereocenters. The number of carboxylic acids is 1. The molecule has 0 spiro atoms. The van der Waals surface area contributed by atoms with E-state index in [2.05, 4.69) is 20.9 Å². The second kappa shape index (κ2) is 4.51. The number of aromatic carboxylic acids is 1. The number of carboxylic acid groups (broad SMARTS) is 1. The van der Waals surface area contributed by atoms with Crippen LogP contribution in [0.1, 0.15) is 10.4 Å². The molecule has 2 heterocycles. The Morgan fingerprint density at radius 3 is 2.84 bits per heavy atom. The SMILES string of the molecule is O=C(O)c1cccc(-c2cn3cccc(Br)c3n2)c1. The van der Waals surface area contributed by atoms with Gasteiger partial charge in [0.25, 0.3) is 0 Å². The van der Waals surface area contributed by atoms with E-state index in [-0.39, 0.29) is 5.56 Å². The highest BCUT2D eigenvalue weighted by Crippen LogP contribution is 2.23. The van der Waals surface area contributed by atoms with E-state index in [1.165, 1.54) is 0 Å². The van der Waals surface area contributed by atoms with E-state index in [1.807, 2.05) is 35.0 Å². The molecule has 0 aliphatic rings. The topological polar surface area (TPSA) is 54.6 Å². The van der Waals surface area contributed by atoms with Crippen LogP contribution in [0.5, 0.6) is 0 Å². The second-order valence-electron chi connectivity index (χ2n) is 4.10. The van der Waals surface area contributed by atoms with Crippen LogP contribution in [0.3, 0.4) is 0 Å². The van der Waals surface area contributed by atoms with Gasteiger partial charge in [-0.3, -0.25) is 0 Å². The van der Waals surface area contributed by atoms with E-state index < -0.39 is 5.97 Å². The van der Waals surface area contributed by atoms with Crippen LogP contribution < -0.4 is 0 Å². The molecule has 0 unspecified atom stereocenters. The molecule has 5 heteroatoms. The van der Waals surface area contributed by atoms with Gasteiger partial charge < -0.3 is 9.51 Å². The van der Waals surface area contributed by atoms with Gasteiger partial charge in [0, 0.05) is 18.0 Å². The predicted octanol–water partition coefficient (Wildman–Crippen LogP) is 3.46. The fourth-order valence-electron chi connectivity index (χ4n) is 1.93. The highest BCUT2D eigenvalue weighted by molar-refractivity contribution is 9.10. The molecule has 3 rings (SSSR count). The monoisotopic (exact) mass is 316 g/mol. The van der Waals surface area contributed by atoms with E-state index in [0.717, 1.165) is 21.4 Å². The summed E-state index contributed by atoms with van der Waals surface area (Å²) >= 11 is 3.44. The van der Waals surface area contributed by atoms with Crippen molar-refractivity contribution in [2.45, 2.75) is 0 Å². The number of imidazole rings is 1. The molecule has 3 aromatic rings.